The van der Waals surface area contributed by atoms with E-state index in [4.69, 9.17) is 14.7 Å². The predicted molar refractivity (Wildman–Crippen MR) is 102 cm³/mol. The van der Waals surface area contributed by atoms with E-state index in [-0.39, 0.29) is 37.7 Å². The van der Waals surface area contributed by atoms with Crippen LogP contribution in [0.3, 0.4) is 0 Å². The number of benzene rings is 2. The van der Waals surface area contributed by atoms with Crippen molar-refractivity contribution in [1.82, 2.24) is 0 Å². The lowest BCUT2D eigenvalue weighted by Crippen LogP contribution is -2.35. The zero-order valence-corrected chi connectivity index (χ0v) is 14.7. The van der Waals surface area contributed by atoms with E-state index in [0.29, 0.717) is 12.3 Å². The number of aliphatic hydroxyl groups is 1. The molecule has 1 amide bonds. The Kier molecular flexibility index (Phi) is 5.04. The Balaban J connectivity index is 1.59. The summed E-state index contributed by atoms with van der Waals surface area (Å²) in [6, 6.07) is 15.2. The van der Waals surface area contributed by atoms with E-state index in [0.717, 1.165) is 22.5 Å². The molecule has 7 heteroatoms. The second-order valence-electron chi connectivity index (χ2n) is 6.37. The van der Waals surface area contributed by atoms with Crippen molar-refractivity contribution in [2.45, 2.75) is 12.0 Å². The van der Waals surface area contributed by atoms with Crippen molar-refractivity contribution in [2.24, 2.45) is 5.16 Å². The summed E-state index contributed by atoms with van der Waals surface area (Å²) in [6.07, 6.45) is 0. The van der Waals surface area contributed by atoms with Gasteiger partial charge in [0.15, 0.2) is 0 Å². The number of para-hydroxylation sites is 2. The van der Waals surface area contributed by atoms with Crippen LogP contribution in [0, 0.1) is 0 Å². The van der Waals surface area contributed by atoms with Crippen molar-refractivity contribution in [1.29, 1.82) is 0 Å². The SMILES string of the molecule is O=C1Nc2ccccc2C1C1Nc2ccccc2/C1=N\OCCOCCO. The topological polar surface area (TPSA) is 92.2 Å². The third kappa shape index (κ3) is 3.39. The minimum absolute atomic E-state index is 0.0237. The fraction of sp³-hybridized carbons (Fsp3) is 0.300. The normalized spacial score (nSPS) is 21.5. The van der Waals surface area contributed by atoms with Crippen LogP contribution in [0.1, 0.15) is 17.0 Å². The van der Waals surface area contributed by atoms with E-state index in [2.05, 4.69) is 15.8 Å². The van der Waals surface area contributed by atoms with E-state index in [9.17, 15) is 4.79 Å². The average molecular weight is 367 g/mol. The molecule has 2 aromatic carbocycles. The molecule has 2 aliphatic rings. The number of oxime groups is 1. The molecule has 27 heavy (non-hydrogen) atoms. The van der Waals surface area contributed by atoms with Gasteiger partial charge in [-0.05, 0) is 17.7 Å². The van der Waals surface area contributed by atoms with Crippen molar-refractivity contribution in [3.05, 3.63) is 59.7 Å². The zero-order chi connectivity index (χ0) is 18.6. The lowest BCUT2D eigenvalue weighted by atomic mass is 9.89. The molecule has 4 rings (SSSR count). The van der Waals surface area contributed by atoms with E-state index >= 15 is 0 Å². The number of ether oxygens (including phenoxy) is 1. The summed E-state index contributed by atoms with van der Waals surface area (Å²) < 4.78 is 5.18. The molecule has 0 fully saturated rings. The fourth-order valence-electron chi connectivity index (χ4n) is 3.53. The van der Waals surface area contributed by atoms with Crippen molar-refractivity contribution in [2.75, 3.05) is 37.1 Å². The third-order valence-corrected chi connectivity index (χ3v) is 4.70. The molecule has 0 aliphatic carbocycles. The van der Waals surface area contributed by atoms with Gasteiger partial charge in [0.05, 0.1) is 31.8 Å². The molecule has 2 aromatic rings. The number of fused-ring (bicyclic) bond motifs is 2. The van der Waals surface area contributed by atoms with E-state index in [1.54, 1.807) is 0 Å². The summed E-state index contributed by atoms with van der Waals surface area (Å²) in [5.41, 5.74) is 4.34. The summed E-state index contributed by atoms with van der Waals surface area (Å²) in [4.78, 5) is 18.1. The van der Waals surface area contributed by atoms with Crippen LogP contribution in [0.25, 0.3) is 0 Å². The van der Waals surface area contributed by atoms with Crippen LogP contribution >= 0.6 is 0 Å². The quantitative estimate of drug-likeness (QED) is 0.514. The van der Waals surface area contributed by atoms with Crippen LogP contribution in [0.4, 0.5) is 11.4 Å². The second-order valence-corrected chi connectivity index (χ2v) is 6.37. The van der Waals surface area contributed by atoms with E-state index < -0.39 is 0 Å². The van der Waals surface area contributed by atoms with Crippen LogP contribution < -0.4 is 10.6 Å². The summed E-state index contributed by atoms with van der Waals surface area (Å²) in [5, 5.41) is 19.4. The molecule has 0 saturated heterocycles. The number of carbonyl (C=O) groups is 1. The number of hydrogen-bond donors (Lipinski definition) is 3. The minimum atomic E-state index is -0.387. The highest BCUT2D eigenvalue weighted by Gasteiger charge is 2.43. The highest BCUT2D eigenvalue weighted by molar-refractivity contribution is 6.18. The molecular formula is C20H21N3O4. The van der Waals surface area contributed by atoms with Gasteiger partial charge < -0.3 is 25.3 Å². The number of aliphatic hydroxyl groups excluding tert-OH is 1. The van der Waals surface area contributed by atoms with E-state index in [1.807, 2.05) is 48.5 Å². The predicted octanol–water partition coefficient (Wildman–Crippen LogP) is 1.95. The van der Waals surface area contributed by atoms with Crippen LogP contribution in [0.15, 0.2) is 53.7 Å². The summed E-state index contributed by atoms with van der Waals surface area (Å²) in [5.74, 6) is -0.443. The number of nitrogens with zero attached hydrogens (tertiary/aromatic N) is 1. The molecule has 7 nitrogen and oxygen atoms in total. The van der Waals surface area contributed by atoms with Gasteiger partial charge in [-0.3, -0.25) is 4.79 Å². The Morgan fingerprint density at radius 3 is 2.63 bits per heavy atom. The Morgan fingerprint density at radius 1 is 1.00 bits per heavy atom. The molecule has 0 radical (unpaired) electrons. The molecule has 3 N–H and O–H groups in total. The van der Waals surface area contributed by atoms with Crippen molar-refractivity contribution in [3.8, 4) is 0 Å². The molecule has 2 unspecified atom stereocenters. The van der Waals surface area contributed by atoms with Gasteiger partial charge >= 0.3 is 0 Å². The first kappa shape index (κ1) is 17.5. The molecule has 140 valence electrons. The van der Waals surface area contributed by atoms with Gasteiger partial charge in [0, 0.05) is 16.9 Å². The van der Waals surface area contributed by atoms with Crippen molar-refractivity contribution in [3.63, 3.8) is 0 Å². The lowest BCUT2D eigenvalue weighted by molar-refractivity contribution is -0.117. The molecule has 2 heterocycles. The number of nitrogens with one attached hydrogen (secondary N) is 2. The molecular weight excluding hydrogens is 346 g/mol. The highest BCUT2D eigenvalue weighted by Crippen LogP contribution is 2.40. The van der Waals surface area contributed by atoms with E-state index in [1.165, 1.54) is 0 Å². The van der Waals surface area contributed by atoms with Gasteiger partial charge in [-0.15, -0.1) is 0 Å². The molecule has 0 bridgehead atoms. The van der Waals surface area contributed by atoms with Gasteiger partial charge in [0.25, 0.3) is 0 Å². The van der Waals surface area contributed by atoms with Gasteiger partial charge in [-0.2, -0.15) is 0 Å². The van der Waals surface area contributed by atoms with Crippen LogP contribution in [0.5, 0.6) is 0 Å². The first-order valence-corrected chi connectivity index (χ1v) is 8.94. The van der Waals surface area contributed by atoms with Gasteiger partial charge in [-0.25, -0.2) is 0 Å². The standard InChI is InChI=1S/C20H21N3O4/c24-9-10-26-11-12-27-23-18-14-6-2-4-8-16(14)21-19(18)17-13-5-1-3-7-15(13)22-20(17)25/h1-8,17,19,21,24H,9-12H2,(H,22,25)/b23-18+. The van der Waals surface area contributed by atoms with Crippen LogP contribution in [-0.4, -0.2) is 49.2 Å². The Morgan fingerprint density at radius 2 is 1.78 bits per heavy atom. The summed E-state index contributed by atoms with van der Waals surface area (Å²) in [6.45, 7) is 0.853. The number of carbonyl (C=O) groups excluding carboxylic acids is 1. The minimum Gasteiger partial charge on any atom is -0.394 e. The molecule has 2 atom stereocenters. The smallest absolute Gasteiger partial charge is 0.234 e. The maximum absolute atomic E-state index is 12.7. The molecule has 2 aliphatic heterocycles. The second kappa shape index (κ2) is 7.77. The highest BCUT2D eigenvalue weighted by atomic mass is 16.6. The Labute approximate surface area is 157 Å². The maximum Gasteiger partial charge on any atom is 0.234 e. The van der Waals surface area contributed by atoms with Crippen LogP contribution in [-0.2, 0) is 14.4 Å². The molecule has 0 aromatic heterocycles. The fourth-order valence-corrected chi connectivity index (χ4v) is 3.53. The van der Waals surface area contributed by atoms with Gasteiger partial charge in [0.2, 0.25) is 5.91 Å². The Bertz CT molecular complexity index is 868. The maximum atomic E-state index is 12.7. The average Bonchev–Trinajstić information content (AvgIpc) is 3.21. The Hall–Kier alpha value is -2.90. The third-order valence-electron chi connectivity index (χ3n) is 4.70. The zero-order valence-electron chi connectivity index (χ0n) is 14.7. The summed E-state index contributed by atoms with van der Waals surface area (Å²) in [7, 11) is 0. The molecule has 0 saturated carbocycles. The number of amides is 1. The number of hydrogen-bond acceptors (Lipinski definition) is 6. The largest absolute Gasteiger partial charge is 0.394 e. The van der Waals surface area contributed by atoms with Gasteiger partial charge in [0.1, 0.15) is 12.3 Å². The van der Waals surface area contributed by atoms with Crippen LogP contribution in [0.2, 0.25) is 0 Å². The number of anilines is 2. The summed E-state index contributed by atoms with van der Waals surface area (Å²) >= 11 is 0. The molecule has 0 spiro atoms. The lowest BCUT2D eigenvalue weighted by Gasteiger charge is -2.19. The van der Waals surface area contributed by atoms with Crippen molar-refractivity contribution >= 4 is 23.0 Å². The monoisotopic (exact) mass is 367 g/mol. The van der Waals surface area contributed by atoms with Gasteiger partial charge in [-0.1, -0.05) is 41.6 Å². The number of rotatable bonds is 7. The first-order chi connectivity index (χ1) is 13.3. The first-order valence-electron chi connectivity index (χ1n) is 8.94. The van der Waals surface area contributed by atoms with Crippen molar-refractivity contribution < 1.29 is 19.5 Å².